The van der Waals surface area contributed by atoms with Crippen LogP contribution in [0.5, 0.6) is 0 Å². The van der Waals surface area contributed by atoms with Crippen molar-refractivity contribution in [2.24, 2.45) is 5.73 Å². The van der Waals surface area contributed by atoms with Gasteiger partial charge in [-0.25, -0.2) is 13.1 Å². The zero-order valence-electron chi connectivity index (χ0n) is 11.6. The lowest BCUT2D eigenvalue weighted by Crippen LogP contribution is -2.48. The molecule has 1 aromatic rings. The SMILES string of the molecule is CC(C)(CN)NS(=O)(=O)c1ccc(C(C)(C)C)s1. The normalized spacial score (nSPS) is 13.9. The van der Waals surface area contributed by atoms with Crippen molar-refractivity contribution in [2.45, 2.75) is 49.8 Å². The minimum atomic E-state index is -3.48. The molecule has 0 aromatic carbocycles. The first-order valence-electron chi connectivity index (χ1n) is 5.82. The van der Waals surface area contributed by atoms with Gasteiger partial charge in [-0.1, -0.05) is 20.8 Å². The third-order valence-corrected chi connectivity index (χ3v) is 6.21. The van der Waals surface area contributed by atoms with Crippen molar-refractivity contribution in [1.29, 1.82) is 0 Å². The Balaban J connectivity index is 3.04. The molecule has 0 bridgehead atoms. The average Bonchev–Trinajstić information content (AvgIpc) is 2.64. The Morgan fingerprint density at radius 2 is 1.78 bits per heavy atom. The molecule has 0 saturated heterocycles. The van der Waals surface area contributed by atoms with E-state index >= 15 is 0 Å². The maximum absolute atomic E-state index is 12.2. The quantitative estimate of drug-likeness (QED) is 0.891. The smallest absolute Gasteiger partial charge is 0.250 e. The maximum Gasteiger partial charge on any atom is 0.250 e. The largest absolute Gasteiger partial charge is 0.329 e. The monoisotopic (exact) mass is 290 g/mol. The number of nitrogens with two attached hydrogens (primary N) is 1. The second kappa shape index (κ2) is 4.92. The molecule has 0 atom stereocenters. The van der Waals surface area contributed by atoms with Crippen molar-refractivity contribution in [3.8, 4) is 0 Å². The van der Waals surface area contributed by atoms with Crippen LogP contribution >= 0.6 is 11.3 Å². The first-order valence-corrected chi connectivity index (χ1v) is 8.12. The molecule has 6 heteroatoms. The van der Waals surface area contributed by atoms with Gasteiger partial charge >= 0.3 is 0 Å². The fourth-order valence-electron chi connectivity index (χ4n) is 1.32. The summed E-state index contributed by atoms with van der Waals surface area (Å²) in [6.45, 7) is 9.97. The van der Waals surface area contributed by atoms with Gasteiger partial charge in [0.25, 0.3) is 10.0 Å². The molecule has 0 aliphatic rings. The fraction of sp³-hybridized carbons (Fsp3) is 0.667. The molecule has 3 N–H and O–H groups in total. The summed E-state index contributed by atoms with van der Waals surface area (Å²) in [6.07, 6.45) is 0. The van der Waals surface area contributed by atoms with Crippen molar-refractivity contribution in [1.82, 2.24) is 4.72 Å². The molecule has 1 rings (SSSR count). The molecule has 0 radical (unpaired) electrons. The summed E-state index contributed by atoms with van der Waals surface area (Å²) in [5.41, 5.74) is 4.87. The Bertz CT molecular complexity index is 510. The summed E-state index contributed by atoms with van der Waals surface area (Å²) in [4.78, 5) is 1.05. The summed E-state index contributed by atoms with van der Waals surface area (Å²) in [6, 6.07) is 3.52. The van der Waals surface area contributed by atoms with Crippen LogP contribution in [-0.2, 0) is 15.4 Å². The summed E-state index contributed by atoms with van der Waals surface area (Å²) in [5, 5.41) is 0. The second-order valence-corrected chi connectivity index (χ2v) is 9.06. The predicted molar refractivity (Wildman–Crippen MR) is 76.5 cm³/mol. The van der Waals surface area contributed by atoms with Gasteiger partial charge in [0.15, 0.2) is 0 Å². The highest BCUT2D eigenvalue weighted by Gasteiger charge is 2.27. The molecule has 104 valence electrons. The molecule has 0 amide bonds. The van der Waals surface area contributed by atoms with E-state index in [0.29, 0.717) is 4.21 Å². The van der Waals surface area contributed by atoms with Crippen molar-refractivity contribution < 1.29 is 8.42 Å². The average molecular weight is 290 g/mol. The van der Waals surface area contributed by atoms with Gasteiger partial charge in [-0.15, -0.1) is 11.3 Å². The Morgan fingerprint density at radius 3 is 2.17 bits per heavy atom. The third kappa shape index (κ3) is 3.78. The van der Waals surface area contributed by atoms with E-state index in [1.54, 1.807) is 19.9 Å². The van der Waals surface area contributed by atoms with E-state index in [4.69, 9.17) is 5.73 Å². The van der Waals surface area contributed by atoms with Gasteiger partial charge in [0.2, 0.25) is 0 Å². The van der Waals surface area contributed by atoms with Gasteiger partial charge in [-0.05, 0) is 31.4 Å². The molecule has 0 spiro atoms. The van der Waals surface area contributed by atoms with Crippen LogP contribution in [-0.4, -0.2) is 20.5 Å². The van der Waals surface area contributed by atoms with E-state index in [1.807, 2.05) is 6.07 Å². The van der Waals surface area contributed by atoms with E-state index in [1.165, 1.54) is 11.3 Å². The van der Waals surface area contributed by atoms with Crippen LogP contribution in [0.1, 0.15) is 39.5 Å². The van der Waals surface area contributed by atoms with Crippen molar-refractivity contribution in [3.05, 3.63) is 17.0 Å². The molecule has 1 heterocycles. The highest BCUT2D eigenvalue weighted by molar-refractivity contribution is 7.91. The van der Waals surface area contributed by atoms with E-state index < -0.39 is 15.6 Å². The van der Waals surface area contributed by atoms with E-state index in [9.17, 15) is 8.42 Å². The topological polar surface area (TPSA) is 72.2 Å². The first kappa shape index (κ1) is 15.6. The van der Waals surface area contributed by atoms with Crippen LogP contribution in [0, 0.1) is 0 Å². The predicted octanol–water partition coefficient (Wildman–Crippen LogP) is 2.06. The fourth-order valence-corrected chi connectivity index (χ4v) is 4.11. The van der Waals surface area contributed by atoms with Crippen LogP contribution < -0.4 is 10.5 Å². The maximum atomic E-state index is 12.2. The second-order valence-electron chi connectivity index (χ2n) is 6.06. The molecule has 0 aliphatic heterocycles. The lowest BCUT2D eigenvalue weighted by atomic mass is 9.95. The molecule has 18 heavy (non-hydrogen) atoms. The summed E-state index contributed by atoms with van der Waals surface area (Å²) in [7, 11) is -3.48. The lowest BCUT2D eigenvalue weighted by Gasteiger charge is -2.23. The molecular formula is C12H22N2O2S2. The van der Waals surface area contributed by atoms with Gasteiger partial charge in [-0.2, -0.15) is 0 Å². The van der Waals surface area contributed by atoms with Crippen LogP contribution in [0.25, 0.3) is 0 Å². The van der Waals surface area contributed by atoms with E-state index in [2.05, 4.69) is 25.5 Å². The molecule has 0 fully saturated rings. The van der Waals surface area contributed by atoms with Gasteiger partial charge in [0, 0.05) is 17.0 Å². The first-order chi connectivity index (χ1) is 7.98. The molecule has 0 unspecified atom stereocenters. The van der Waals surface area contributed by atoms with Gasteiger partial charge in [-0.3, -0.25) is 0 Å². The van der Waals surface area contributed by atoms with Gasteiger partial charge < -0.3 is 5.73 Å². The lowest BCUT2D eigenvalue weighted by molar-refractivity contribution is 0.463. The van der Waals surface area contributed by atoms with Crippen LogP contribution in [0.3, 0.4) is 0 Å². The molecule has 0 aliphatic carbocycles. The highest BCUT2D eigenvalue weighted by Crippen LogP contribution is 2.31. The zero-order valence-corrected chi connectivity index (χ0v) is 13.2. The Hall–Kier alpha value is -0.430. The third-order valence-electron chi connectivity index (χ3n) is 2.51. The number of hydrogen-bond acceptors (Lipinski definition) is 4. The molecule has 0 saturated carbocycles. The van der Waals surface area contributed by atoms with Crippen LogP contribution in [0.2, 0.25) is 0 Å². The molecular weight excluding hydrogens is 268 g/mol. The van der Waals surface area contributed by atoms with Crippen molar-refractivity contribution in [2.75, 3.05) is 6.54 Å². The number of sulfonamides is 1. The number of hydrogen-bond donors (Lipinski definition) is 2. The summed E-state index contributed by atoms with van der Waals surface area (Å²) in [5.74, 6) is 0. The van der Waals surface area contributed by atoms with Crippen molar-refractivity contribution >= 4 is 21.4 Å². The standard InChI is InChI=1S/C12H22N2O2S2/c1-11(2,3)9-6-7-10(17-9)18(15,16)14-12(4,5)8-13/h6-7,14H,8,13H2,1-5H3. The Labute approximate surface area is 114 Å². The zero-order chi connectivity index (χ0) is 14.2. The summed E-state index contributed by atoms with van der Waals surface area (Å²) < 4.78 is 27.3. The number of rotatable bonds is 4. The van der Waals surface area contributed by atoms with E-state index in [0.717, 1.165) is 4.88 Å². The van der Waals surface area contributed by atoms with Gasteiger partial charge in [0.05, 0.1) is 0 Å². The molecule has 4 nitrogen and oxygen atoms in total. The Kier molecular flexibility index (Phi) is 4.27. The Morgan fingerprint density at radius 1 is 1.22 bits per heavy atom. The van der Waals surface area contributed by atoms with Gasteiger partial charge in [0.1, 0.15) is 4.21 Å². The minimum absolute atomic E-state index is 0.0399. The minimum Gasteiger partial charge on any atom is -0.329 e. The molecule has 1 aromatic heterocycles. The summed E-state index contributed by atoms with van der Waals surface area (Å²) >= 11 is 1.31. The highest BCUT2D eigenvalue weighted by atomic mass is 32.2. The van der Waals surface area contributed by atoms with Crippen LogP contribution in [0.4, 0.5) is 0 Å². The number of nitrogens with one attached hydrogen (secondary N) is 1. The number of thiophene rings is 1. The van der Waals surface area contributed by atoms with Crippen LogP contribution in [0.15, 0.2) is 16.3 Å². The van der Waals surface area contributed by atoms with E-state index in [-0.39, 0.29) is 12.0 Å². The van der Waals surface area contributed by atoms with Crippen molar-refractivity contribution in [3.63, 3.8) is 0 Å².